The van der Waals surface area contributed by atoms with Gasteiger partial charge >= 0.3 is 0 Å². The van der Waals surface area contributed by atoms with E-state index in [1.165, 1.54) is 5.39 Å². The van der Waals surface area contributed by atoms with Crippen LogP contribution in [0.5, 0.6) is 0 Å². The molecule has 0 aliphatic carbocycles. The van der Waals surface area contributed by atoms with E-state index in [1.54, 1.807) is 0 Å². The number of rotatable bonds is 2. The van der Waals surface area contributed by atoms with E-state index in [1.807, 2.05) is 24.3 Å². The zero-order chi connectivity index (χ0) is 14.3. The van der Waals surface area contributed by atoms with Crippen molar-refractivity contribution in [3.63, 3.8) is 0 Å². The van der Waals surface area contributed by atoms with Crippen molar-refractivity contribution < 1.29 is 9.84 Å². The van der Waals surface area contributed by atoms with Crippen LogP contribution in [0.2, 0.25) is 0 Å². The Kier molecular flexibility index (Phi) is 3.53. The zero-order valence-electron chi connectivity index (χ0n) is 12.3. The van der Waals surface area contributed by atoms with Crippen molar-refractivity contribution >= 4 is 10.8 Å². The Balaban J connectivity index is 2.03. The second-order valence-electron chi connectivity index (χ2n) is 6.00. The summed E-state index contributed by atoms with van der Waals surface area (Å²) in [5.41, 5.74) is 1.02. The van der Waals surface area contributed by atoms with Crippen LogP contribution in [0.3, 0.4) is 0 Å². The largest absolute Gasteiger partial charge is 0.388 e. The molecular weight excluding hydrogens is 248 g/mol. The number of hydrogen-bond donors (Lipinski definition) is 1. The lowest BCUT2D eigenvalue weighted by Crippen LogP contribution is -2.25. The standard InChI is InChI=1S/C18H22O2/c1-11-12(2)20-13(3)17(11)18(19)16-10-6-8-14-7-4-5-9-15(14)16/h4-13,17-19H,1-3H3. The van der Waals surface area contributed by atoms with Gasteiger partial charge in [-0.25, -0.2) is 0 Å². The summed E-state index contributed by atoms with van der Waals surface area (Å²) in [5.74, 6) is 0.509. The van der Waals surface area contributed by atoms with E-state index in [2.05, 4.69) is 39.0 Å². The van der Waals surface area contributed by atoms with Crippen molar-refractivity contribution in [2.45, 2.75) is 39.1 Å². The fourth-order valence-corrected chi connectivity index (χ4v) is 3.55. The van der Waals surface area contributed by atoms with Crippen molar-refractivity contribution in [1.29, 1.82) is 0 Å². The summed E-state index contributed by atoms with van der Waals surface area (Å²) in [6.45, 7) is 6.34. The molecule has 1 aliphatic heterocycles. The summed E-state index contributed by atoms with van der Waals surface area (Å²) in [7, 11) is 0. The van der Waals surface area contributed by atoms with E-state index in [-0.39, 0.29) is 18.1 Å². The van der Waals surface area contributed by atoms with Gasteiger partial charge in [-0.3, -0.25) is 0 Å². The number of aliphatic hydroxyl groups excluding tert-OH is 1. The normalized spacial score (nSPS) is 31.6. The third kappa shape index (κ3) is 2.13. The first kappa shape index (κ1) is 13.6. The molecule has 0 spiro atoms. The highest BCUT2D eigenvalue weighted by Crippen LogP contribution is 2.41. The molecule has 2 heteroatoms. The molecule has 3 rings (SSSR count). The number of ether oxygens (including phenoxy) is 1. The summed E-state index contributed by atoms with van der Waals surface area (Å²) in [4.78, 5) is 0. The van der Waals surface area contributed by atoms with Gasteiger partial charge in [0.2, 0.25) is 0 Å². The molecule has 1 N–H and O–H groups in total. The Labute approximate surface area is 120 Å². The van der Waals surface area contributed by atoms with Crippen molar-refractivity contribution in [1.82, 2.24) is 0 Å². The molecule has 0 radical (unpaired) electrons. The molecule has 0 saturated carbocycles. The van der Waals surface area contributed by atoms with Crippen molar-refractivity contribution in [3.8, 4) is 0 Å². The van der Waals surface area contributed by atoms with Gasteiger partial charge in [-0.05, 0) is 36.1 Å². The van der Waals surface area contributed by atoms with Gasteiger partial charge in [0.1, 0.15) is 0 Å². The summed E-state index contributed by atoms with van der Waals surface area (Å²) in [5, 5.41) is 13.2. The summed E-state index contributed by atoms with van der Waals surface area (Å²) in [6, 6.07) is 14.4. The average molecular weight is 270 g/mol. The molecule has 0 amide bonds. The summed E-state index contributed by atoms with van der Waals surface area (Å²) < 4.78 is 5.88. The van der Waals surface area contributed by atoms with Crippen LogP contribution in [0.4, 0.5) is 0 Å². The Morgan fingerprint density at radius 2 is 1.65 bits per heavy atom. The monoisotopic (exact) mass is 270 g/mol. The number of aliphatic hydroxyl groups is 1. The van der Waals surface area contributed by atoms with Crippen LogP contribution in [0.15, 0.2) is 42.5 Å². The molecule has 5 unspecified atom stereocenters. The maximum absolute atomic E-state index is 10.9. The van der Waals surface area contributed by atoms with E-state index >= 15 is 0 Å². The first-order valence-corrected chi connectivity index (χ1v) is 7.41. The molecule has 1 heterocycles. The van der Waals surface area contributed by atoms with Crippen LogP contribution in [0.1, 0.15) is 32.4 Å². The Morgan fingerprint density at radius 3 is 2.35 bits per heavy atom. The Morgan fingerprint density at radius 1 is 0.950 bits per heavy atom. The van der Waals surface area contributed by atoms with E-state index in [4.69, 9.17) is 4.74 Å². The lowest BCUT2D eigenvalue weighted by atomic mass is 9.81. The number of benzene rings is 2. The van der Waals surface area contributed by atoms with Gasteiger partial charge in [0.25, 0.3) is 0 Å². The van der Waals surface area contributed by atoms with Gasteiger partial charge in [0, 0.05) is 5.92 Å². The highest BCUT2D eigenvalue weighted by molar-refractivity contribution is 5.86. The molecule has 2 aromatic rings. The van der Waals surface area contributed by atoms with Gasteiger partial charge in [-0.15, -0.1) is 0 Å². The maximum atomic E-state index is 10.9. The zero-order valence-corrected chi connectivity index (χ0v) is 12.3. The average Bonchev–Trinajstić information content (AvgIpc) is 2.71. The minimum atomic E-state index is -0.476. The van der Waals surface area contributed by atoms with Crippen LogP contribution in [-0.4, -0.2) is 17.3 Å². The Bertz CT molecular complexity index is 602. The van der Waals surface area contributed by atoms with E-state index < -0.39 is 6.10 Å². The smallest absolute Gasteiger partial charge is 0.0852 e. The quantitative estimate of drug-likeness (QED) is 0.896. The van der Waals surface area contributed by atoms with Crippen molar-refractivity contribution in [3.05, 3.63) is 48.0 Å². The van der Waals surface area contributed by atoms with Crippen molar-refractivity contribution in [2.75, 3.05) is 0 Å². The number of fused-ring (bicyclic) bond motifs is 1. The molecular formula is C18H22O2. The number of hydrogen-bond acceptors (Lipinski definition) is 2. The second kappa shape index (κ2) is 5.19. The lowest BCUT2D eigenvalue weighted by molar-refractivity contribution is 0.0236. The molecule has 106 valence electrons. The first-order valence-electron chi connectivity index (χ1n) is 7.41. The van der Waals surface area contributed by atoms with Gasteiger partial charge in [0.05, 0.1) is 18.3 Å². The Hall–Kier alpha value is -1.38. The van der Waals surface area contributed by atoms with Crippen molar-refractivity contribution in [2.24, 2.45) is 11.8 Å². The van der Waals surface area contributed by atoms with Gasteiger partial charge in [0.15, 0.2) is 0 Å². The predicted molar refractivity (Wildman–Crippen MR) is 81.6 cm³/mol. The minimum Gasteiger partial charge on any atom is -0.388 e. The maximum Gasteiger partial charge on any atom is 0.0852 e. The lowest BCUT2D eigenvalue weighted by Gasteiger charge is -2.26. The van der Waals surface area contributed by atoms with Crippen LogP contribution in [0, 0.1) is 11.8 Å². The van der Waals surface area contributed by atoms with Gasteiger partial charge in [-0.2, -0.15) is 0 Å². The van der Waals surface area contributed by atoms with Crippen LogP contribution < -0.4 is 0 Å². The second-order valence-corrected chi connectivity index (χ2v) is 6.00. The predicted octanol–water partition coefficient (Wildman–Crippen LogP) is 3.93. The van der Waals surface area contributed by atoms with Crippen LogP contribution in [0.25, 0.3) is 10.8 Å². The fourth-order valence-electron chi connectivity index (χ4n) is 3.55. The molecule has 20 heavy (non-hydrogen) atoms. The van der Waals surface area contributed by atoms with Gasteiger partial charge < -0.3 is 9.84 Å². The third-order valence-corrected chi connectivity index (χ3v) is 4.83. The molecule has 2 nitrogen and oxygen atoms in total. The van der Waals surface area contributed by atoms with Gasteiger partial charge in [-0.1, -0.05) is 49.4 Å². The molecule has 1 aliphatic rings. The molecule has 1 fully saturated rings. The molecule has 0 bridgehead atoms. The van der Waals surface area contributed by atoms with E-state index in [0.29, 0.717) is 5.92 Å². The first-order chi connectivity index (χ1) is 9.59. The SMILES string of the molecule is CC1OC(C)C(C(O)c2cccc3ccccc23)C1C. The highest BCUT2D eigenvalue weighted by atomic mass is 16.5. The summed E-state index contributed by atoms with van der Waals surface area (Å²) >= 11 is 0. The van der Waals surface area contributed by atoms with Crippen LogP contribution >= 0.6 is 0 Å². The fraction of sp³-hybridized carbons (Fsp3) is 0.444. The molecule has 2 aromatic carbocycles. The van der Waals surface area contributed by atoms with E-state index in [0.717, 1.165) is 10.9 Å². The molecule has 1 saturated heterocycles. The summed E-state index contributed by atoms with van der Waals surface area (Å²) in [6.07, 6.45) is -0.176. The van der Waals surface area contributed by atoms with Crippen LogP contribution in [-0.2, 0) is 4.74 Å². The minimum absolute atomic E-state index is 0.0916. The molecule has 5 atom stereocenters. The topological polar surface area (TPSA) is 29.5 Å². The highest BCUT2D eigenvalue weighted by Gasteiger charge is 2.41. The molecule has 0 aromatic heterocycles. The van der Waals surface area contributed by atoms with E-state index in [9.17, 15) is 5.11 Å². The third-order valence-electron chi connectivity index (χ3n) is 4.83.